The SMILES string of the molecule is CC1=CC=C(N2CCC(C(=O)OC3=CCC(C4=CCC(C)C=C4)C=C3)CC2)CC1. The third-order valence-corrected chi connectivity index (χ3v) is 6.63. The summed E-state index contributed by atoms with van der Waals surface area (Å²) >= 11 is 0. The summed E-state index contributed by atoms with van der Waals surface area (Å²) in [6.45, 7) is 6.34. The van der Waals surface area contributed by atoms with E-state index in [-0.39, 0.29) is 11.9 Å². The van der Waals surface area contributed by atoms with Crippen LogP contribution in [0.3, 0.4) is 0 Å². The molecule has 0 amide bonds. The van der Waals surface area contributed by atoms with E-state index in [1.54, 1.807) is 0 Å². The molecule has 3 aliphatic carbocycles. The first-order valence-electron chi connectivity index (χ1n) is 11.2. The van der Waals surface area contributed by atoms with Crippen LogP contribution in [-0.2, 0) is 9.53 Å². The number of ether oxygens (including phenoxy) is 1. The first-order chi connectivity index (χ1) is 14.1. The molecule has 0 N–H and O–H groups in total. The molecule has 1 aliphatic heterocycles. The van der Waals surface area contributed by atoms with Gasteiger partial charge in [0.2, 0.25) is 0 Å². The molecule has 2 unspecified atom stereocenters. The Hall–Kier alpha value is -2.29. The molecule has 3 heteroatoms. The lowest BCUT2D eigenvalue weighted by Crippen LogP contribution is -2.36. The summed E-state index contributed by atoms with van der Waals surface area (Å²) in [5.41, 5.74) is 4.26. The van der Waals surface area contributed by atoms with E-state index in [0.29, 0.717) is 11.8 Å². The van der Waals surface area contributed by atoms with Crippen molar-refractivity contribution in [2.24, 2.45) is 17.8 Å². The van der Waals surface area contributed by atoms with Gasteiger partial charge in [-0.15, -0.1) is 0 Å². The Morgan fingerprint density at radius 3 is 2.48 bits per heavy atom. The lowest BCUT2D eigenvalue weighted by Gasteiger charge is -2.35. The van der Waals surface area contributed by atoms with Gasteiger partial charge in [0.15, 0.2) is 0 Å². The van der Waals surface area contributed by atoms with Crippen LogP contribution in [-0.4, -0.2) is 24.0 Å². The van der Waals surface area contributed by atoms with Crippen LogP contribution < -0.4 is 0 Å². The average molecular weight is 392 g/mol. The average Bonchev–Trinajstić information content (AvgIpc) is 2.76. The minimum absolute atomic E-state index is 0.0187. The highest BCUT2D eigenvalue weighted by Gasteiger charge is 2.28. The molecule has 29 heavy (non-hydrogen) atoms. The standard InChI is InChI=1S/C26H33NO2/c1-19-3-7-21(8-4-19)22-9-13-25(14-10-22)29-26(28)23-15-17-27(18-16-23)24-11-5-20(2)6-12-24/h3,5,7-9,11,13-14,19,22-23H,4,6,10,12,15-18H2,1-2H3. The summed E-state index contributed by atoms with van der Waals surface area (Å²) in [5, 5.41) is 0. The molecule has 4 rings (SSSR count). The molecule has 1 saturated heterocycles. The van der Waals surface area contributed by atoms with Gasteiger partial charge in [-0.05, 0) is 75.2 Å². The van der Waals surface area contributed by atoms with Gasteiger partial charge in [-0.25, -0.2) is 0 Å². The Bertz CT molecular complexity index is 816. The van der Waals surface area contributed by atoms with Crippen LogP contribution in [0.4, 0.5) is 0 Å². The molecular formula is C26H33NO2. The van der Waals surface area contributed by atoms with Crippen molar-refractivity contribution < 1.29 is 9.53 Å². The maximum Gasteiger partial charge on any atom is 0.314 e. The number of hydrogen-bond donors (Lipinski definition) is 0. The third kappa shape index (κ3) is 5.01. The van der Waals surface area contributed by atoms with Crippen molar-refractivity contribution in [1.29, 1.82) is 0 Å². The van der Waals surface area contributed by atoms with Crippen molar-refractivity contribution in [2.75, 3.05) is 13.1 Å². The summed E-state index contributed by atoms with van der Waals surface area (Å²) in [6, 6.07) is 0. The van der Waals surface area contributed by atoms with E-state index in [0.717, 1.165) is 57.4 Å². The lowest BCUT2D eigenvalue weighted by atomic mass is 9.86. The van der Waals surface area contributed by atoms with Crippen LogP contribution in [0.15, 0.2) is 71.2 Å². The number of hydrogen-bond acceptors (Lipinski definition) is 3. The van der Waals surface area contributed by atoms with E-state index < -0.39 is 0 Å². The van der Waals surface area contributed by atoms with Gasteiger partial charge in [0.1, 0.15) is 5.76 Å². The minimum Gasteiger partial charge on any atom is -0.427 e. The number of esters is 1. The monoisotopic (exact) mass is 391 g/mol. The fourth-order valence-electron chi connectivity index (χ4n) is 4.54. The van der Waals surface area contributed by atoms with E-state index in [1.807, 2.05) is 6.08 Å². The fourth-order valence-corrected chi connectivity index (χ4v) is 4.54. The zero-order chi connectivity index (χ0) is 20.2. The Labute approximate surface area is 175 Å². The Kier molecular flexibility index (Phi) is 6.22. The van der Waals surface area contributed by atoms with Gasteiger partial charge in [0, 0.05) is 24.7 Å². The number of likely N-dealkylation sites (tertiary alicyclic amines) is 1. The molecule has 3 nitrogen and oxygen atoms in total. The molecule has 0 bridgehead atoms. The first-order valence-corrected chi connectivity index (χ1v) is 11.2. The normalized spacial score (nSPS) is 27.7. The number of allylic oxidation sites excluding steroid dienone is 11. The number of nitrogens with zero attached hydrogens (tertiary/aromatic N) is 1. The van der Waals surface area contributed by atoms with E-state index in [9.17, 15) is 4.79 Å². The van der Waals surface area contributed by atoms with Gasteiger partial charge in [-0.2, -0.15) is 0 Å². The van der Waals surface area contributed by atoms with Crippen LogP contribution >= 0.6 is 0 Å². The van der Waals surface area contributed by atoms with E-state index in [1.165, 1.54) is 16.8 Å². The molecule has 0 spiro atoms. The molecule has 4 aliphatic rings. The highest BCUT2D eigenvalue weighted by Crippen LogP contribution is 2.30. The Balaban J connectivity index is 1.25. The Morgan fingerprint density at radius 1 is 1.03 bits per heavy atom. The largest absolute Gasteiger partial charge is 0.427 e. The van der Waals surface area contributed by atoms with Crippen LogP contribution in [0.2, 0.25) is 0 Å². The first kappa shape index (κ1) is 20.0. The van der Waals surface area contributed by atoms with Crippen molar-refractivity contribution in [3.8, 4) is 0 Å². The van der Waals surface area contributed by atoms with E-state index in [2.05, 4.69) is 61.3 Å². The lowest BCUT2D eigenvalue weighted by molar-refractivity contribution is -0.145. The molecule has 154 valence electrons. The van der Waals surface area contributed by atoms with Gasteiger partial charge in [-0.1, -0.05) is 42.9 Å². The van der Waals surface area contributed by atoms with Crippen molar-refractivity contribution >= 4 is 5.97 Å². The third-order valence-electron chi connectivity index (χ3n) is 6.63. The molecule has 0 aromatic rings. The number of carbonyl (C=O) groups excluding carboxylic acids is 1. The predicted octanol–water partition coefficient (Wildman–Crippen LogP) is 5.85. The van der Waals surface area contributed by atoms with E-state index in [4.69, 9.17) is 4.74 Å². The van der Waals surface area contributed by atoms with Crippen LogP contribution in [0.1, 0.15) is 52.4 Å². The van der Waals surface area contributed by atoms with Gasteiger partial charge in [-0.3, -0.25) is 4.79 Å². The molecule has 0 saturated carbocycles. The summed E-state index contributed by atoms with van der Waals surface area (Å²) in [6.07, 6.45) is 23.7. The zero-order valence-corrected chi connectivity index (χ0v) is 17.8. The second-order valence-electron chi connectivity index (χ2n) is 8.94. The number of piperidine rings is 1. The van der Waals surface area contributed by atoms with Gasteiger partial charge in [0.05, 0.1) is 5.92 Å². The van der Waals surface area contributed by atoms with Crippen molar-refractivity contribution in [3.05, 3.63) is 71.2 Å². The van der Waals surface area contributed by atoms with Gasteiger partial charge in [0.25, 0.3) is 0 Å². The predicted molar refractivity (Wildman–Crippen MR) is 118 cm³/mol. The van der Waals surface area contributed by atoms with Crippen LogP contribution in [0.25, 0.3) is 0 Å². The second-order valence-corrected chi connectivity index (χ2v) is 8.94. The molecule has 0 aromatic heterocycles. The van der Waals surface area contributed by atoms with Crippen molar-refractivity contribution in [2.45, 2.75) is 52.4 Å². The highest BCUT2D eigenvalue weighted by atomic mass is 16.5. The van der Waals surface area contributed by atoms with Crippen molar-refractivity contribution in [1.82, 2.24) is 4.90 Å². The number of carbonyl (C=O) groups is 1. The smallest absolute Gasteiger partial charge is 0.314 e. The zero-order valence-electron chi connectivity index (χ0n) is 17.8. The minimum atomic E-state index is -0.0574. The van der Waals surface area contributed by atoms with Gasteiger partial charge >= 0.3 is 5.97 Å². The quantitative estimate of drug-likeness (QED) is 0.563. The number of rotatable bonds is 4. The summed E-state index contributed by atoms with van der Waals surface area (Å²) in [4.78, 5) is 15.1. The van der Waals surface area contributed by atoms with E-state index >= 15 is 0 Å². The summed E-state index contributed by atoms with van der Waals surface area (Å²) in [7, 11) is 0. The molecule has 2 atom stereocenters. The van der Waals surface area contributed by atoms with Crippen molar-refractivity contribution in [3.63, 3.8) is 0 Å². The highest BCUT2D eigenvalue weighted by molar-refractivity contribution is 5.74. The second kappa shape index (κ2) is 9.02. The molecular weight excluding hydrogens is 358 g/mol. The molecule has 1 heterocycles. The maximum absolute atomic E-state index is 12.6. The fraction of sp³-hybridized carbons (Fsp3) is 0.500. The van der Waals surface area contributed by atoms with Gasteiger partial charge < -0.3 is 9.64 Å². The Morgan fingerprint density at radius 2 is 1.86 bits per heavy atom. The topological polar surface area (TPSA) is 29.5 Å². The summed E-state index contributed by atoms with van der Waals surface area (Å²) < 4.78 is 5.73. The molecule has 0 aromatic carbocycles. The summed E-state index contributed by atoms with van der Waals surface area (Å²) in [5.74, 6) is 1.73. The maximum atomic E-state index is 12.6. The molecule has 0 radical (unpaired) electrons. The molecule has 1 fully saturated rings. The van der Waals surface area contributed by atoms with Crippen LogP contribution in [0, 0.1) is 17.8 Å². The van der Waals surface area contributed by atoms with Crippen LogP contribution in [0.5, 0.6) is 0 Å².